The normalized spacial score (nSPS) is 18.6. The minimum atomic E-state index is -4.52. The Morgan fingerprint density at radius 3 is 2.51 bits per heavy atom. The minimum Gasteiger partial charge on any atom is -0.492 e. The maximum absolute atomic E-state index is 13.2. The molecule has 0 unspecified atom stereocenters. The molecule has 12 heteroatoms. The number of hydrogen-bond donors (Lipinski definition) is 0. The Kier molecular flexibility index (Phi) is 9.19. The summed E-state index contributed by atoms with van der Waals surface area (Å²) in [5.74, 6) is 0.131. The first kappa shape index (κ1) is 29.0. The summed E-state index contributed by atoms with van der Waals surface area (Å²) in [5.41, 5.74) is 2.12. The highest BCUT2D eigenvalue weighted by Crippen LogP contribution is 2.33. The lowest BCUT2D eigenvalue weighted by molar-refractivity contribution is -0.153. The van der Waals surface area contributed by atoms with Gasteiger partial charge in [0, 0.05) is 56.0 Å². The standard InChI is InChI=1S/C29H34F3N3O6/c30-29(31,32)20-41-26-18-24(39-16-13-33-11-14-38-15-12-33)6-5-21(26)17-27(36)34-9-7-23(8-10-34)35-25-4-2-1-3-22(25)19-40-28(35)37/h1-6,18,23H,7-17,19-20H2. The number of benzene rings is 2. The van der Waals surface area contributed by atoms with Crippen molar-refractivity contribution in [2.75, 3.05) is 64.1 Å². The van der Waals surface area contributed by atoms with Gasteiger partial charge in [-0.1, -0.05) is 24.3 Å². The van der Waals surface area contributed by atoms with Gasteiger partial charge in [0.25, 0.3) is 0 Å². The smallest absolute Gasteiger partial charge is 0.422 e. The number of ether oxygens (including phenoxy) is 4. The third-order valence-corrected chi connectivity index (χ3v) is 7.53. The summed E-state index contributed by atoms with van der Waals surface area (Å²) >= 11 is 0. The SMILES string of the molecule is O=C(Cc1ccc(OCCN2CCOCC2)cc1OCC(F)(F)F)N1CCC(N2C(=O)OCc3ccccc32)CC1. The van der Waals surface area contributed by atoms with Gasteiger partial charge in [-0.25, -0.2) is 4.79 Å². The molecule has 0 bridgehead atoms. The molecule has 0 atom stereocenters. The van der Waals surface area contributed by atoms with E-state index < -0.39 is 18.9 Å². The van der Waals surface area contributed by atoms with Crippen LogP contribution in [0, 0.1) is 0 Å². The summed E-state index contributed by atoms with van der Waals surface area (Å²) in [6.07, 6.45) is -3.91. The second-order valence-electron chi connectivity index (χ2n) is 10.3. The predicted octanol–water partition coefficient (Wildman–Crippen LogP) is 4.03. The first-order valence-corrected chi connectivity index (χ1v) is 13.8. The number of nitrogens with zero attached hydrogens (tertiary/aromatic N) is 3. The van der Waals surface area contributed by atoms with E-state index in [1.54, 1.807) is 21.9 Å². The van der Waals surface area contributed by atoms with E-state index in [0.717, 1.165) is 24.3 Å². The summed E-state index contributed by atoms with van der Waals surface area (Å²) in [6.45, 7) is 3.55. The van der Waals surface area contributed by atoms with Crippen LogP contribution in [0.4, 0.5) is 23.7 Å². The Hall–Kier alpha value is -3.51. The fourth-order valence-corrected chi connectivity index (χ4v) is 5.35. The van der Waals surface area contributed by atoms with Gasteiger partial charge in [-0.15, -0.1) is 0 Å². The lowest BCUT2D eigenvalue weighted by atomic mass is 10.00. The number of likely N-dealkylation sites (tertiary alicyclic amines) is 1. The van der Waals surface area contributed by atoms with Crippen molar-refractivity contribution in [1.82, 2.24) is 9.80 Å². The van der Waals surface area contributed by atoms with Crippen molar-refractivity contribution >= 4 is 17.7 Å². The van der Waals surface area contributed by atoms with E-state index in [1.807, 2.05) is 24.3 Å². The highest BCUT2D eigenvalue weighted by molar-refractivity contribution is 5.91. The molecule has 0 N–H and O–H groups in total. The molecule has 2 saturated heterocycles. The number of halogens is 3. The molecule has 9 nitrogen and oxygen atoms in total. The summed E-state index contributed by atoms with van der Waals surface area (Å²) in [5, 5.41) is 0. The molecule has 0 radical (unpaired) electrons. The Labute approximate surface area is 236 Å². The fraction of sp³-hybridized carbons (Fsp3) is 0.517. The zero-order valence-electron chi connectivity index (χ0n) is 22.7. The molecule has 41 heavy (non-hydrogen) atoms. The predicted molar refractivity (Wildman–Crippen MR) is 143 cm³/mol. The number of amides is 2. The van der Waals surface area contributed by atoms with Crippen molar-refractivity contribution in [2.24, 2.45) is 0 Å². The molecular weight excluding hydrogens is 543 g/mol. The number of piperidine rings is 1. The molecule has 0 saturated carbocycles. The van der Waals surface area contributed by atoms with Crippen molar-refractivity contribution in [3.8, 4) is 11.5 Å². The molecule has 0 aromatic heterocycles. The Morgan fingerprint density at radius 2 is 1.76 bits per heavy atom. The van der Waals surface area contributed by atoms with Crippen LogP contribution in [0.1, 0.15) is 24.0 Å². The zero-order valence-corrected chi connectivity index (χ0v) is 22.7. The average Bonchev–Trinajstić information content (AvgIpc) is 2.97. The molecule has 3 heterocycles. The number of hydrogen-bond acceptors (Lipinski definition) is 7. The second-order valence-corrected chi connectivity index (χ2v) is 10.3. The molecule has 0 aliphatic carbocycles. The number of para-hydroxylation sites is 1. The number of carbonyl (C=O) groups excluding carboxylic acids is 2. The van der Waals surface area contributed by atoms with Crippen LogP contribution in [0.15, 0.2) is 42.5 Å². The molecular formula is C29H34F3N3O6. The van der Waals surface area contributed by atoms with E-state index in [-0.39, 0.29) is 30.7 Å². The Morgan fingerprint density at radius 1 is 1.00 bits per heavy atom. The largest absolute Gasteiger partial charge is 0.492 e. The quantitative estimate of drug-likeness (QED) is 0.445. The van der Waals surface area contributed by atoms with Gasteiger partial charge >= 0.3 is 12.3 Å². The molecule has 3 aliphatic heterocycles. The third kappa shape index (κ3) is 7.62. The maximum atomic E-state index is 13.2. The van der Waals surface area contributed by atoms with Crippen molar-refractivity contribution in [1.29, 1.82) is 0 Å². The summed E-state index contributed by atoms with van der Waals surface area (Å²) in [6, 6.07) is 12.1. The van der Waals surface area contributed by atoms with E-state index in [9.17, 15) is 22.8 Å². The van der Waals surface area contributed by atoms with Gasteiger partial charge in [-0.05, 0) is 25.0 Å². The first-order valence-electron chi connectivity index (χ1n) is 13.8. The number of alkyl halides is 3. The minimum absolute atomic E-state index is 0.0258. The van der Waals surface area contributed by atoms with Gasteiger partial charge in [0.05, 0.1) is 25.3 Å². The van der Waals surface area contributed by atoms with E-state index in [2.05, 4.69) is 4.90 Å². The summed E-state index contributed by atoms with van der Waals surface area (Å²) in [4.78, 5) is 31.3. The van der Waals surface area contributed by atoms with E-state index in [1.165, 1.54) is 6.07 Å². The zero-order chi connectivity index (χ0) is 28.8. The van der Waals surface area contributed by atoms with Crippen LogP contribution < -0.4 is 14.4 Å². The van der Waals surface area contributed by atoms with Crippen LogP contribution >= 0.6 is 0 Å². The lowest BCUT2D eigenvalue weighted by Gasteiger charge is -2.40. The van der Waals surface area contributed by atoms with Gasteiger partial charge < -0.3 is 23.8 Å². The number of cyclic esters (lactones) is 1. The molecule has 2 aromatic rings. The summed E-state index contributed by atoms with van der Waals surface area (Å²) in [7, 11) is 0. The number of morpholine rings is 1. The van der Waals surface area contributed by atoms with Crippen molar-refractivity contribution in [3.63, 3.8) is 0 Å². The van der Waals surface area contributed by atoms with Gasteiger partial charge in [-0.2, -0.15) is 13.2 Å². The number of carbonyl (C=O) groups is 2. The van der Waals surface area contributed by atoms with Crippen LogP contribution in [0.2, 0.25) is 0 Å². The highest BCUT2D eigenvalue weighted by atomic mass is 19.4. The molecule has 2 amide bonds. The fourth-order valence-electron chi connectivity index (χ4n) is 5.35. The van der Waals surface area contributed by atoms with Crippen LogP contribution in [0.3, 0.4) is 0 Å². The van der Waals surface area contributed by atoms with Crippen molar-refractivity contribution in [2.45, 2.75) is 38.1 Å². The third-order valence-electron chi connectivity index (χ3n) is 7.53. The van der Waals surface area contributed by atoms with Gasteiger partial charge in [0.15, 0.2) is 6.61 Å². The highest BCUT2D eigenvalue weighted by Gasteiger charge is 2.35. The molecule has 2 aromatic carbocycles. The lowest BCUT2D eigenvalue weighted by Crippen LogP contribution is -2.50. The Bertz CT molecular complexity index is 1210. The summed E-state index contributed by atoms with van der Waals surface area (Å²) < 4.78 is 60.4. The molecule has 222 valence electrons. The van der Waals surface area contributed by atoms with E-state index in [4.69, 9.17) is 18.9 Å². The second kappa shape index (κ2) is 13.0. The van der Waals surface area contributed by atoms with Gasteiger partial charge in [0.2, 0.25) is 5.91 Å². The van der Waals surface area contributed by atoms with Crippen molar-refractivity contribution < 1.29 is 41.7 Å². The van der Waals surface area contributed by atoms with Gasteiger partial charge in [-0.3, -0.25) is 14.6 Å². The number of fused-ring (bicyclic) bond motifs is 1. The topological polar surface area (TPSA) is 80.8 Å². The van der Waals surface area contributed by atoms with Gasteiger partial charge in [0.1, 0.15) is 24.7 Å². The molecule has 2 fully saturated rings. The van der Waals surface area contributed by atoms with Crippen LogP contribution in [0.5, 0.6) is 11.5 Å². The monoisotopic (exact) mass is 577 g/mol. The number of rotatable bonds is 9. The van der Waals surface area contributed by atoms with Crippen molar-refractivity contribution in [3.05, 3.63) is 53.6 Å². The molecule has 0 spiro atoms. The van der Waals surface area contributed by atoms with Crippen LogP contribution in [0.25, 0.3) is 0 Å². The van der Waals surface area contributed by atoms with E-state index >= 15 is 0 Å². The first-order chi connectivity index (χ1) is 19.8. The maximum Gasteiger partial charge on any atom is 0.422 e. The van der Waals surface area contributed by atoms with Crippen LogP contribution in [-0.4, -0.2) is 93.2 Å². The Balaban J connectivity index is 1.19. The van der Waals surface area contributed by atoms with E-state index in [0.29, 0.717) is 63.6 Å². The molecule has 5 rings (SSSR count). The molecule has 3 aliphatic rings. The van der Waals surface area contributed by atoms with Crippen LogP contribution in [-0.2, 0) is 27.3 Å². The number of anilines is 1. The average molecular weight is 578 g/mol.